The van der Waals surface area contributed by atoms with Crippen LogP contribution in [-0.2, 0) is 14.8 Å². The molecule has 0 aliphatic heterocycles. The average Bonchev–Trinajstić information content (AvgIpc) is 2.32. The van der Waals surface area contributed by atoms with Crippen LogP contribution in [0.25, 0.3) is 0 Å². The SMILES string of the molecule is Cc1ccc(N)c(S(=O)(=O)NC(C)C(=O)N(C)C)c1C. The van der Waals surface area contributed by atoms with Crippen molar-refractivity contribution in [2.45, 2.75) is 31.7 Å². The number of nitrogens with one attached hydrogen (secondary N) is 1. The van der Waals surface area contributed by atoms with E-state index in [0.717, 1.165) is 5.56 Å². The zero-order chi connectivity index (χ0) is 15.7. The Morgan fingerprint density at radius 2 is 1.85 bits per heavy atom. The third-order valence-electron chi connectivity index (χ3n) is 3.12. The summed E-state index contributed by atoms with van der Waals surface area (Å²) in [5.41, 5.74) is 7.36. The molecule has 0 saturated heterocycles. The summed E-state index contributed by atoms with van der Waals surface area (Å²) in [6.45, 7) is 5.00. The van der Waals surface area contributed by atoms with Crippen molar-refractivity contribution in [1.82, 2.24) is 9.62 Å². The standard InChI is InChI=1S/C13H21N3O3S/c1-8-6-7-11(14)12(9(8)2)20(18,19)15-10(3)13(17)16(4)5/h6-7,10,15H,14H2,1-5H3. The predicted octanol–water partition coefficient (Wildman–Crippen LogP) is 0.641. The highest BCUT2D eigenvalue weighted by atomic mass is 32.2. The van der Waals surface area contributed by atoms with Gasteiger partial charge in [-0.25, -0.2) is 8.42 Å². The van der Waals surface area contributed by atoms with Crippen molar-refractivity contribution < 1.29 is 13.2 Å². The van der Waals surface area contributed by atoms with Crippen LogP contribution in [0, 0.1) is 13.8 Å². The number of nitrogens with two attached hydrogens (primary N) is 1. The van der Waals surface area contributed by atoms with Gasteiger partial charge < -0.3 is 10.6 Å². The van der Waals surface area contributed by atoms with Crippen LogP contribution in [0.1, 0.15) is 18.1 Å². The normalized spacial score (nSPS) is 13.1. The van der Waals surface area contributed by atoms with E-state index in [9.17, 15) is 13.2 Å². The molecule has 0 saturated carbocycles. The first-order valence-electron chi connectivity index (χ1n) is 6.17. The highest BCUT2D eigenvalue weighted by Crippen LogP contribution is 2.25. The molecule has 1 unspecified atom stereocenters. The van der Waals surface area contributed by atoms with E-state index in [0.29, 0.717) is 5.56 Å². The smallest absolute Gasteiger partial charge is 0.243 e. The molecule has 1 amide bonds. The van der Waals surface area contributed by atoms with E-state index in [2.05, 4.69) is 4.72 Å². The first-order chi connectivity index (χ1) is 9.08. The molecule has 0 bridgehead atoms. The Morgan fingerprint density at radius 3 is 2.35 bits per heavy atom. The number of benzene rings is 1. The maximum absolute atomic E-state index is 12.4. The average molecular weight is 299 g/mol. The molecule has 20 heavy (non-hydrogen) atoms. The van der Waals surface area contributed by atoms with E-state index in [1.165, 1.54) is 11.8 Å². The van der Waals surface area contributed by atoms with E-state index in [4.69, 9.17) is 5.73 Å². The number of hydrogen-bond donors (Lipinski definition) is 2. The summed E-state index contributed by atoms with van der Waals surface area (Å²) < 4.78 is 27.2. The number of amides is 1. The lowest BCUT2D eigenvalue weighted by Crippen LogP contribution is -2.44. The lowest BCUT2D eigenvalue weighted by molar-refractivity contribution is -0.130. The molecule has 112 valence electrons. The third-order valence-corrected chi connectivity index (χ3v) is 4.86. The molecule has 0 spiro atoms. The molecule has 3 N–H and O–H groups in total. The lowest BCUT2D eigenvalue weighted by Gasteiger charge is -2.19. The Bertz CT molecular complexity index is 624. The summed E-state index contributed by atoms with van der Waals surface area (Å²) in [5, 5.41) is 0. The predicted molar refractivity (Wildman–Crippen MR) is 78.8 cm³/mol. The molecule has 1 rings (SSSR count). The fraction of sp³-hybridized carbons (Fsp3) is 0.462. The number of carbonyl (C=O) groups is 1. The van der Waals surface area contributed by atoms with Gasteiger partial charge >= 0.3 is 0 Å². The molecule has 0 fully saturated rings. The second-order valence-corrected chi connectivity index (χ2v) is 6.65. The van der Waals surface area contributed by atoms with Crippen LogP contribution in [0.15, 0.2) is 17.0 Å². The zero-order valence-electron chi connectivity index (χ0n) is 12.4. The monoisotopic (exact) mass is 299 g/mol. The molecule has 7 heteroatoms. The summed E-state index contributed by atoms with van der Waals surface area (Å²) in [4.78, 5) is 13.1. The Morgan fingerprint density at radius 1 is 1.30 bits per heavy atom. The van der Waals surface area contributed by atoms with Crippen molar-refractivity contribution in [3.05, 3.63) is 23.3 Å². The topological polar surface area (TPSA) is 92.5 Å². The highest BCUT2D eigenvalue weighted by Gasteiger charge is 2.26. The van der Waals surface area contributed by atoms with Crippen LogP contribution in [0.4, 0.5) is 5.69 Å². The highest BCUT2D eigenvalue weighted by molar-refractivity contribution is 7.89. The minimum atomic E-state index is -3.84. The van der Waals surface area contributed by atoms with Crippen molar-refractivity contribution in [2.75, 3.05) is 19.8 Å². The van der Waals surface area contributed by atoms with Gasteiger partial charge in [-0.15, -0.1) is 0 Å². The second-order valence-electron chi connectivity index (χ2n) is 5.00. The van der Waals surface area contributed by atoms with E-state index < -0.39 is 16.1 Å². The molecule has 0 heterocycles. The minimum Gasteiger partial charge on any atom is -0.398 e. The molecular formula is C13H21N3O3S. The number of nitrogen functional groups attached to an aromatic ring is 1. The summed E-state index contributed by atoms with van der Waals surface area (Å²) in [7, 11) is -0.707. The molecule has 1 aromatic rings. The van der Waals surface area contributed by atoms with Gasteiger partial charge in [-0.05, 0) is 38.0 Å². The van der Waals surface area contributed by atoms with Crippen LogP contribution in [0.2, 0.25) is 0 Å². The van der Waals surface area contributed by atoms with Crippen molar-refractivity contribution in [1.29, 1.82) is 0 Å². The molecule has 0 radical (unpaired) electrons. The van der Waals surface area contributed by atoms with Gasteiger partial charge in [-0.1, -0.05) is 6.07 Å². The largest absolute Gasteiger partial charge is 0.398 e. The van der Waals surface area contributed by atoms with Crippen LogP contribution in [-0.4, -0.2) is 39.4 Å². The first kappa shape index (κ1) is 16.5. The molecular weight excluding hydrogens is 278 g/mol. The molecule has 0 aromatic heterocycles. The Hall–Kier alpha value is -1.60. The van der Waals surface area contributed by atoms with Crippen molar-refractivity contribution in [3.63, 3.8) is 0 Å². The zero-order valence-corrected chi connectivity index (χ0v) is 13.2. The molecule has 6 nitrogen and oxygen atoms in total. The lowest BCUT2D eigenvalue weighted by atomic mass is 10.1. The maximum Gasteiger partial charge on any atom is 0.243 e. The van der Waals surface area contributed by atoms with Crippen molar-refractivity contribution in [2.24, 2.45) is 0 Å². The number of carbonyl (C=O) groups excluding carboxylic acids is 1. The van der Waals surface area contributed by atoms with Crippen LogP contribution in [0.3, 0.4) is 0 Å². The summed E-state index contributed by atoms with van der Waals surface area (Å²) in [6.07, 6.45) is 0. The van der Waals surface area contributed by atoms with Crippen LogP contribution >= 0.6 is 0 Å². The first-order valence-corrected chi connectivity index (χ1v) is 7.65. The van der Waals surface area contributed by atoms with Gasteiger partial charge in [0.15, 0.2) is 0 Å². The van der Waals surface area contributed by atoms with E-state index in [1.807, 2.05) is 6.92 Å². The van der Waals surface area contributed by atoms with Gasteiger partial charge in [0, 0.05) is 14.1 Å². The van der Waals surface area contributed by atoms with Crippen LogP contribution in [0.5, 0.6) is 0 Å². The van der Waals surface area contributed by atoms with Crippen LogP contribution < -0.4 is 10.5 Å². The van der Waals surface area contributed by atoms with E-state index >= 15 is 0 Å². The van der Waals surface area contributed by atoms with Crippen molar-refractivity contribution >= 4 is 21.6 Å². The third kappa shape index (κ3) is 3.29. The molecule has 0 aliphatic rings. The number of rotatable bonds is 4. The summed E-state index contributed by atoms with van der Waals surface area (Å²) >= 11 is 0. The van der Waals surface area contributed by atoms with Gasteiger partial charge in [0.2, 0.25) is 15.9 Å². The Kier molecular flexibility index (Phi) is 4.77. The Balaban J connectivity index is 3.19. The number of likely N-dealkylation sites (N-methyl/N-ethyl adjacent to an activating group) is 1. The van der Waals surface area contributed by atoms with Gasteiger partial charge in [0.05, 0.1) is 11.7 Å². The number of aryl methyl sites for hydroxylation is 1. The number of hydrogen-bond acceptors (Lipinski definition) is 4. The van der Waals surface area contributed by atoms with Gasteiger partial charge in [0.25, 0.3) is 0 Å². The molecule has 0 aliphatic carbocycles. The summed E-state index contributed by atoms with van der Waals surface area (Å²) in [6, 6.07) is 2.46. The number of nitrogens with zero attached hydrogens (tertiary/aromatic N) is 1. The second kappa shape index (κ2) is 5.80. The van der Waals surface area contributed by atoms with E-state index in [-0.39, 0.29) is 16.5 Å². The number of sulfonamides is 1. The minimum absolute atomic E-state index is 0.0379. The summed E-state index contributed by atoms with van der Waals surface area (Å²) in [5.74, 6) is -0.322. The van der Waals surface area contributed by atoms with Gasteiger partial charge in [0.1, 0.15) is 4.90 Å². The molecule has 1 atom stereocenters. The quantitative estimate of drug-likeness (QED) is 0.798. The van der Waals surface area contributed by atoms with E-state index in [1.54, 1.807) is 33.2 Å². The number of anilines is 1. The fourth-order valence-corrected chi connectivity index (χ4v) is 3.52. The van der Waals surface area contributed by atoms with Gasteiger partial charge in [-0.2, -0.15) is 4.72 Å². The van der Waals surface area contributed by atoms with Gasteiger partial charge in [-0.3, -0.25) is 4.79 Å². The van der Waals surface area contributed by atoms with Crippen molar-refractivity contribution in [3.8, 4) is 0 Å². The maximum atomic E-state index is 12.4. The molecule has 1 aromatic carbocycles. The Labute approximate surface area is 120 Å². The fourth-order valence-electron chi connectivity index (χ4n) is 1.90.